The fraction of sp³-hybridized carbons (Fsp3) is 0.250. The largest absolute Gasteiger partial charge is 0.508 e. The first-order valence-electron chi connectivity index (χ1n) is 3.60. The third kappa shape index (κ3) is 2.09. The van der Waals surface area contributed by atoms with Gasteiger partial charge in [0.25, 0.3) is 0 Å². The van der Waals surface area contributed by atoms with Gasteiger partial charge >= 0.3 is 0 Å². The lowest BCUT2D eigenvalue weighted by Gasteiger charge is -2.11. The summed E-state index contributed by atoms with van der Waals surface area (Å²) in [6.45, 7) is -0.401. The Morgan fingerprint density at radius 2 is 2.15 bits per heavy atom. The number of nitrogens with two attached hydrogens (primary N) is 1. The van der Waals surface area contributed by atoms with Crippen LogP contribution in [0.15, 0.2) is 12.1 Å². The van der Waals surface area contributed by atoms with Crippen LogP contribution in [0.1, 0.15) is 11.6 Å². The van der Waals surface area contributed by atoms with Gasteiger partial charge in [0.1, 0.15) is 11.6 Å². The van der Waals surface area contributed by atoms with Crippen molar-refractivity contribution < 1.29 is 14.6 Å². The molecule has 1 aromatic carbocycles. The normalized spacial score (nSPS) is 12.9. The highest BCUT2D eigenvalue weighted by Gasteiger charge is 2.15. The zero-order chi connectivity index (χ0) is 10.0. The number of aromatic hydroxyl groups is 1. The van der Waals surface area contributed by atoms with Crippen molar-refractivity contribution in [1.29, 1.82) is 0 Å². The molecule has 1 rings (SSSR count). The van der Waals surface area contributed by atoms with Crippen LogP contribution in [0.25, 0.3) is 0 Å². The van der Waals surface area contributed by atoms with Crippen LogP contribution in [0.4, 0.5) is 4.39 Å². The van der Waals surface area contributed by atoms with Crippen molar-refractivity contribution in [2.24, 2.45) is 5.73 Å². The van der Waals surface area contributed by atoms with E-state index in [1.807, 2.05) is 0 Å². The van der Waals surface area contributed by atoms with E-state index in [1.54, 1.807) is 0 Å². The van der Waals surface area contributed by atoms with E-state index in [0.717, 1.165) is 6.07 Å². The van der Waals surface area contributed by atoms with Crippen LogP contribution in [-0.2, 0) is 0 Å². The Labute approximate surface area is 79.6 Å². The van der Waals surface area contributed by atoms with Gasteiger partial charge in [-0.25, -0.2) is 4.39 Å². The van der Waals surface area contributed by atoms with Gasteiger partial charge in [-0.15, -0.1) is 0 Å². The average Bonchev–Trinajstić information content (AvgIpc) is 2.02. The second kappa shape index (κ2) is 3.91. The van der Waals surface area contributed by atoms with Crippen molar-refractivity contribution in [2.75, 3.05) is 6.61 Å². The molecule has 0 aliphatic rings. The summed E-state index contributed by atoms with van der Waals surface area (Å²) >= 11 is 5.62. The zero-order valence-electron chi connectivity index (χ0n) is 6.67. The maximum Gasteiger partial charge on any atom is 0.133 e. The molecule has 0 spiro atoms. The summed E-state index contributed by atoms with van der Waals surface area (Å²) in [4.78, 5) is 0. The predicted molar refractivity (Wildman–Crippen MR) is 47.1 cm³/mol. The lowest BCUT2D eigenvalue weighted by Crippen LogP contribution is -2.16. The minimum Gasteiger partial charge on any atom is -0.508 e. The predicted octanol–water partition coefficient (Wildman–Crippen LogP) is 1.18. The minimum absolute atomic E-state index is 0.0130. The lowest BCUT2D eigenvalue weighted by molar-refractivity contribution is 0.265. The highest BCUT2D eigenvalue weighted by Crippen LogP contribution is 2.28. The van der Waals surface area contributed by atoms with Crippen LogP contribution in [-0.4, -0.2) is 16.8 Å². The van der Waals surface area contributed by atoms with E-state index >= 15 is 0 Å². The molecule has 0 bridgehead atoms. The first-order valence-corrected chi connectivity index (χ1v) is 3.98. The van der Waals surface area contributed by atoms with Crippen LogP contribution < -0.4 is 5.73 Å². The first-order chi connectivity index (χ1) is 6.06. The van der Waals surface area contributed by atoms with Crippen molar-refractivity contribution in [3.63, 3.8) is 0 Å². The standard InChI is InChI=1S/C8H9ClFNO2/c9-5-1-4(13)2-6(10)8(5)7(11)3-12/h1-2,7,12-13H,3,11H2. The smallest absolute Gasteiger partial charge is 0.133 e. The van der Waals surface area contributed by atoms with Gasteiger partial charge in [-0.3, -0.25) is 0 Å². The number of hydrogen-bond acceptors (Lipinski definition) is 3. The molecule has 0 saturated carbocycles. The molecular formula is C8H9ClFNO2. The Hall–Kier alpha value is -0.840. The van der Waals surface area contributed by atoms with E-state index in [2.05, 4.69) is 0 Å². The zero-order valence-corrected chi connectivity index (χ0v) is 7.42. The number of benzene rings is 1. The molecule has 0 heterocycles. The van der Waals surface area contributed by atoms with Crippen molar-refractivity contribution in [2.45, 2.75) is 6.04 Å². The molecule has 1 aromatic rings. The summed E-state index contributed by atoms with van der Waals surface area (Å²) in [6, 6.07) is 1.21. The lowest BCUT2D eigenvalue weighted by atomic mass is 10.1. The molecule has 0 aliphatic heterocycles. The third-order valence-electron chi connectivity index (χ3n) is 1.63. The van der Waals surface area contributed by atoms with Gasteiger partial charge in [0.05, 0.1) is 17.7 Å². The Morgan fingerprint density at radius 3 is 2.62 bits per heavy atom. The summed E-state index contributed by atoms with van der Waals surface area (Å²) in [6.07, 6.45) is 0. The Balaban J connectivity index is 3.20. The van der Waals surface area contributed by atoms with Crippen LogP contribution in [0, 0.1) is 5.82 Å². The highest BCUT2D eigenvalue weighted by atomic mass is 35.5. The van der Waals surface area contributed by atoms with Gasteiger partial charge in [0, 0.05) is 11.6 Å². The monoisotopic (exact) mass is 205 g/mol. The van der Waals surface area contributed by atoms with E-state index in [0.29, 0.717) is 0 Å². The Bertz CT molecular complexity index is 296. The second-order valence-corrected chi connectivity index (χ2v) is 3.02. The molecule has 0 radical (unpaired) electrons. The number of aliphatic hydroxyl groups excluding tert-OH is 1. The fourth-order valence-corrected chi connectivity index (χ4v) is 1.36. The molecule has 0 aromatic heterocycles. The molecule has 0 saturated heterocycles. The van der Waals surface area contributed by atoms with E-state index in [4.69, 9.17) is 27.5 Å². The van der Waals surface area contributed by atoms with E-state index in [-0.39, 0.29) is 16.3 Å². The van der Waals surface area contributed by atoms with Gasteiger partial charge in [-0.2, -0.15) is 0 Å². The second-order valence-electron chi connectivity index (χ2n) is 2.61. The van der Waals surface area contributed by atoms with Gasteiger partial charge < -0.3 is 15.9 Å². The molecule has 5 heteroatoms. The third-order valence-corrected chi connectivity index (χ3v) is 1.94. The van der Waals surface area contributed by atoms with E-state index in [9.17, 15) is 4.39 Å². The van der Waals surface area contributed by atoms with Crippen molar-refractivity contribution in [3.8, 4) is 5.75 Å². The number of rotatable bonds is 2. The molecule has 1 unspecified atom stereocenters. The minimum atomic E-state index is -0.868. The fourth-order valence-electron chi connectivity index (χ4n) is 1.02. The van der Waals surface area contributed by atoms with Crippen molar-refractivity contribution >= 4 is 11.6 Å². The SMILES string of the molecule is NC(CO)c1c(F)cc(O)cc1Cl. The first kappa shape index (κ1) is 10.2. The highest BCUT2D eigenvalue weighted by molar-refractivity contribution is 6.31. The van der Waals surface area contributed by atoms with Crippen LogP contribution in [0.5, 0.6) is 5.75 Å². The Kier molecular flexibility index (Phi) is 3.08. The van der Waals surface area contributed by atoms with Crippen LogP contribution >= 0.6 is 11.6 Å². The molecule has 4 N–H and O–H groups in total. The maximum absolute atomic E-state index is 13.1. The summed E-state index contributed by atoms with van der Waals surface area (Å²) in [5.41, 5.74) is 5.41. The van der Waals surface area contributed by atoms with Gasteiger partial charge in [-0.1, -0.05) is 11.6 Å². The molecular weight excluding hydrogens is 197 g/mol. The summed E-state index contributed by atoms with van der Waals surface area (Å²) < 4.78 is 13.1. The molecule has 13 heavy (non-hydrogen) atoms. The van der Waals surface area contributed by atoms with Gasteiger partial charge in [-0.05, 0) is 6.07 Å². The van der Waals surface area contributed by atoms with Crippen molar-refractivity contribution in [3.05, 3.63) is 28.5 Å². The molecule has 3 nitrogen and oxygen atoms in total. The number of phenols is 1. The Morgan fingerprint density at radius 1 is 1.54 bits per heavy atom. The van der Waals surface area contributed by atoms with Crippen LogP contribution in [0.3, 0.4) is 0 Å². The number of hydrogen-bond donors (Lipinski definition) is 3. The van der Waals surface area contributed by atoms with E-state index < -0.39 is 18.5 Å². The summed E-state index contributed by atoms with van der Waals surface area (Å²) in [7, 11) is 0. The number of aliphatic hydroxyl groups is 1. The summed E-state index contributed by atoms with van der Waals surface area (Å²) in [5, 5.41) is 17.7. The molecule has 72 valence electrons. The van der Waals surface area contributed by atoms with Gasteiger partial charge in [0.2, 0.25) is 0 Å². The topological polar surface area (TPSA) is 66.5 Å². The average molecular weight is 206 g/mol. The maximum atomic E-state index is 13.1. The van der Waals surface area contributed by atoms with E-state index in [1.165, 1.54) is 6.07 Å². The molecule has 0 fully saturated rings. The quantitative estimate of drug-likeness (QED) is 0.679. The molecule has 0 amide bonds. The number of halogens is 2. The van der Waals surface area contributed by atoms with Crippen LogP contribution in [0.2, 0.25) is 5.02 Å². The van der Waals surface area contributed by atoms with Gasteiger partial charge in [0.15, 0.2) is 0 Å². The van der Waals surface area contributed by atoms with Crippen molar-refractivity contribution in [1.82, 2.24) is 0 Å². The molecule has 0 aliphatic carbocycles. The molecule has 1 atom stereocenters. The number of phenolic OH excluding ortho intramolecular Hbond substituents is 1. The summed E-state index contributed by atoms with van der Waals surface area (Å²) in [5.74, 6) is -0.983.